The van der Waals surface area contributed by atoms with E-state index in [1.807, 2.05) is 0 Å². The van der Waals surface area contributed by atoms with Crippen LogP contribution in [0.4, 0.5) is 5.69 Å². The molecule has 1 heterocycles. The Morgan fingerprint density at radius 3 is 2.57 bits per heavy atom. The van der Waals surface area contributed by atoms with E-state index < -0.39 is 5.97 Å². The minimum absolute atomic E-state index is 0.0183. The van der Waals surface area contributed by atoms with Gasteiger partial charge in [0.15, 0.2) is 5.69 Å². The summed E-state index contributed by atoms with van der Waals surface area (Å²) in [5.41, 5.74) is 7.60. The van der Waals surface area contributed by atoms with E-state index in [1.54, 1.807) is 28.9 Å². The molecule has 0 atom stereocenters. The molecule has 6 nitrogen and oxygen atoms in total. The van der Waals surface area contributed by atoms with E-state index in [2.05, 4.69) is 17.2 Å². The third-order valence-corrected chi connectivity index (χ3v) is 3.35. The zero-order valence-corrected chi connectivity index (χ0v) is 12.1. The van der Waals surface area contributed by atoms with Gasteiger partial charge in [-0.3, -0.25) is 0 Å². The molecule has 0 saturated heterocycles. The van der Waals surface area contributed by atoms with Crippen LogP contribution in [-0.4, -0.2) is 26.1 Å². The molecule has 0 aliphatic carbocycles. The molecule has 2 aromatic rings. The van der Waals surface area contributed by atoms with Crippen molar-refractivity contribution in [2.45, 2.75) is 39.2 Å². The van der Waals surface area contributed by atoms with Gasteiger partial charge in [0, 0.05) is 17.8 Å². The van der Waals surface area contributed by atoms with Crippen molar-refractivity contribution in [1.82, 2.24) is 15.0 Å². The van der Waals surface area contributed by atoms with Crippen molar-refractivity contribution in [3.05, 3.63) is 30.0 Å². The van der Waals surface area contributed by atoms with E-state index in [0.717, 1.165) is 31.2 Å². The molecule has 1 aromatic carbocycles. The predicted octanol–water partition coefficient (Wildman–Crippen LogP) is 2.81. The molecule has 0 radical (unpaired) electrons. The molecule has 0 amide bonds. The molecule has 2 rings (SSSR count). The van der Waals surface area contributed by atoms with Gasteiger partial charge in [-0.1, -0.05) is 43.5 Å². The number of nitrogen functional groups attached to an aromatic ring is 1. The van der Waals surface area contributed by atoms with Gasteiger partial charge < -0.3 is 10.8 Å². The number of aromatic nitrogens is 3. The largest absolute Gasteiger partial charge is 0.476 e. The van der Waals surface area contributed by atoms with E-state index in [9.17, 15) is 9.90 Å². The topological polar surface area (TPSA) is 94.0 Å². The minimum atomic E-state index is -1.07. The fourth-order valence-electron chi connectivity index (χ4n) is 2.23. The van der Waals surface area contributed by atoms with Gasteiger partial charge >= 0.3 is 5.97 Å². The summed E-state index contributed by atoms with van der Waals surface area (Å²) in [6.45, 7) is 2.82. The second kappa shape index (κ2) is 6.88. The number of aryl methyl sites for hydroxylation is 1. The van der Waals surface area contributed by atoms with E-state index in [4.69, 9.17) is 5.73 Å². The summed E-state index contributed by atoms with van der Waals surface area (Å²) >= 11 is 0. The molecule has 6 heteroatoms. The lowest BCUT2D eigenvalue weighted by Crippen LogP contribution is -2.05. The highest BCUT2D eigenvalue weighted by molar-refractivity contribution is 5.92. The number of rotatable bonds is 7. The normalized spacial score (nSPS) is 10.7. The molecule has 21 heavy (non-hydrogen) atoms. The quantitative estimate of drug-likeness (QED) is 0.603. The number of benzene rings is 1. The van der Waals surface area contributed by atoms with E-state index in [-0.39, 0.29) is 5.69 Å². The first-order chi connectivity index (χ1) is 10.1. The van der Waals surface area contributed by atoms with Gasteiger partial charge in [0.1, 0.15) is 5.69 Å². The molecule has 3 N–H and O–H groups in total. The maximum Gasteiger partial charge on any atom is 0.358 e. The summed E-state index contributed by atoms with van der Waals surface area (Å²) in [6, 6.07) is 7.08. The van der Waals surface area contributed by atoms with Crippen molar-refractivity contribution >= 4 is 11.7 Å². The lowest BCUT2D eigenvalue weighted by Gasteiger charge is -2.07. The van der Waals surface area contributed by atoms with Gasteiger partial charge in [-0.2, -0.15) is 0 Å². The van der Waals surface area contributed by atoms with Crippen molar-refractivity contribution in [2.75, 3.05) is 5.73 Å². The van der Waals surface area contributed by atoms with Gasteiger partial charge in [-0.05, 0) is 18.6 Å². The lowest BCUT2D eigenvalue weighted by atomic mass is 10.1. The number of unbranched alkanes of at least 4 members (excludes halogenated alkanes) is 3. The van der Waals surface area contributed by atoms with Gasteiger partial charge in [0.05, 0.1) is 0 Å². The third-order valence-electron chi connectivity index (χ3n) is 3.35. The fraction of sp³-hybridized carbons (Fsp3) is 0.400. The number of carboxylic acids is 1. The molecule has 1 aromatic heterocycles. The van der Waals surface area contributed by atoms with Gasteiger partial charge in [0.2, 0.25) is 0 Å². The van der Waals surface area contributed by atoms with Crippen LogP contribution >= 0.6 is 0 Å². The first-order valence-electron chi connectivity index (χ1n) is 7.16. The highest BCUT2D eigenvalue weighted by Gasteiger charge is 2.20. The van der Waals surface area contributed by atoms with Crippen molar-refractivity contribution in [3.8, 4) is 11.3 Å². The van der Waals surface area contributed by atoms with E-state index >= 15 is 0 Å². The Morgan fingerprint density at radius 2 is 1.95 bits per heavy atom. The summed E-state index contributed by atoms with van der Waals surface area (Å²) in [4.78, 5) is 11.3. The van der Waals surface area contributed by atoms with Gasteiger partial charge in [0.25, 0.3) is 0 Å². The lowest BCUT2D eigenvalue weighted by molar-refractivity contribution is 0.0691. The maximum atomic E-state index is 11.3. The molecule has 0 spiro atoms. The van der Waals surface area contributed by atoms with Crippen LogP contribution < -0.4 is 5.73 Å². The van der Waals surface area contributed by atoms with Crippen molar-refractivity contribution in [3.63, 3.8) is 0 Å². The first kappa shape index (κ1) is 15.0. The maximum absolute atomic E-state index is 11.3. The molecule has 0 fully saturated rings. The Kier molecular flexibility index (Phi) is 4.92. The number of nitrogens with two attached hydrogens (primary N) is 1. The molecular formula is C15H20N4O2. The predicted molar refractivity (Wildman–Crippen MR) is 81.0 cm³/mol. The Balaban J connectivity index is 2.29. The summed E-state index contributed by atoms with van der Waals surface area (Å²) in [7, 11) is 0. The Labute approximate surface area is 123 Å². The Morgan fingerprint density at radius 1 is 1.24 bits per heavy atom. The van der Waals surface area contributed by atoms with E-state index in [0.29, 0.717) is 17.9 Å². The fourth-order valence-corrected chi connectivity index (χ4v) is 2.23. The summed E-state index contributed by atoms with van der Waals surface area (Å²) < 4.78 is 1.67. The minimum Gasteiger partial charge on any atom is -0.476 e. The standard InChI is InChI=1S/C15H20N4O2/c1-2-3-4-5-10-19-14(13(15(20)21)17-18-19)11-6-8-12(16)9-7-11/h6-9H,2-5,10,16H2,1H3,(H,20,21). The van der Waals surface area contributed by atoms with Crippen LogP contribution in [0.1, 0.15) is 43.1 Å². The van der Waals surface area contributed by atoms with Crippen molar-refractivity contribution in [2.24, 2.45) is 0 Å². The third kappa shape index (κ3) is 3.59. The van der Waals surface area contributed by atoms with E-state index in [1.165, 1.54) is 0 Å². The van der Waals surface area contributed by atoms with Crippen LogP contribution in [0.3, 0.4) is 0 Å². The second-order valence-electron chi connectivity index (χ2n) is 5.00. The Hall–Kier alpha value is -2.37. The van der Waals surface area contributed by atoms with Crippen LogP contribution in [0.25, 0.3) is 11.3 Å². The molecular weight excluding hydrogens is 268 g/mol. The Bertz CT molecular complexity index is 605. The molecule has 0 bridgehead atoms. The van der Waals surface area contributed by atoms with Crippen molar-refractivity contribution in [1.29, 1.82) is 0 Å². The van der Waals surface area contributed by atoms with Gasteiger partial charge in [-0.25, -0.2) is 9.48 Å². The molecule has 0 saturated carbocycles. The first-order valence-corrected chi connectivity index (χ1v) is 7.16. The SMILES string of the molecule is CCCCCCn1nnc(C(=O)O)c1-c1ccc(N)cc1. The number of hydrogen-bond acceptors (Lipinski definition) is 4. The zero-order valence-electron chi connectivity index (χ0n) is 12.1. The molecule has 112 valence electrons. The van der Waals surface area contributed by atoms with Crippen LogP contribution in [-0.2, 0) is 6.54 Å². The number of carbonyl (C=O) groups is 1. The summed E-state index contributed by atoms with van der Waals surface area (Å²) in [5.74, 6) is -1.07. The number of carboxylic acid groups (broad SMARTS) is 1. The van der Waals surface area contributed by atoms with Gasteiger partial charge in [-0.15, -0.1) is 5.10 Å². The van der Waals surface area contributed by atoms with Crippen LogP contribution in [0.15, 0.2) is 24.3 Å². The second-order valence-corrected chi connectivity index (χ2v) is 5.00. The summed E-state index contributed by atoms with van der Waals surface area (Å²) in [5, 5.41) is 17.0. The number of hydrogen-bond donors (Lipinski definition) is 2. The zero-order chi connectivity index (χ0) is 15.2. The molecule has 0 aliphatic rings. The summed E-state index contributed by atoms with van der Waals surface area (Å²) in [6.07, 6.45) is 4.37. The smallest absolute Gasteiger partial charge is 0.358 e. The average molecular weight is 288 g/mol. The number of aromatic carboxylic acids is 1. The highest BCUT2D eigenvalue weighted by Crippen LogP contribution is 2.24. The number of nitrogens with zero attached hydrogens (tertiary/aromatic N) is 3. The molecule has 0 unspecified atom stereocenters. The monoisotopic (exact) mass is 288 g/mol. The van der Waals surface area contributed by atoms with Crippen LogP contribution in [0.5, 0.6) is 0 Å². The average Bonchev–Trinajstić information content (AvgIpc) is 2.88. The highest BCUT2D eigenvalue weighted by atomic mass is 16.4. The van der Waals surface area contributed by atoms with Crippen molar-refractivity contribution < 1.29 is 9.90 Å². The molecule has 0 aliphatic heterocycles. The number of anilines is 1. The van der Waals surface area contributed by atoms with Crippen LogP contribution in [0, 0.1) is 0 Å². The van der Waals surface area contributed by atoms with Crippen LogP contribution in [0.2, 0.25) is 0 Å².